The minimum absolute atomic E-state index is 0.152. The van der Waals surface area contributed by atoms with E-state index in [9.17, 15) is 9.59 Å². The molecule has 1 atom stereocenters. The van der Waals surface area contributed by atoms with Crippen LogP contribution in [0.5, 0.6) is 0 Å². The van der Waals surface area contributed by atoms with Gasteiger partial charge in [0.15, 0.2) is 0 Å². The first-order valence-corrected chi connectivity index (χ1v) is 9.02. The number of aromatic nitrogens is 3. The zero-order valence-electron chi connectivity index (χ0n) is 15.6. The number of carbonyl (C=O) groups excluding carboxylic acids is 2. The Kier molecular flexibility index (Phi) is 5.71. The van der Waals surface area contributed by atoms with Crippen LogP contribution in [-0.2, 0) is 15.1 Å². The van der Waals surface area contributed by atoms with Crippen LogP contribution in [0.1, 0.15) is 23.0 Å². The van der Waals surface area contributed by atoms with Crippen LogP contribution in [0, 0.1) is 0 Å². The number of carbonyl (C=O) groups is 2. The fourth-order valence-electron chi connectivity index (χ4n) is 3.04. The highest BCUT2D eigenvalue weighted by molar-refractivity contribution is 6.29. The van der Waals surface area contributed by atoms with Crippen molar-refractivity contribution in [2.45, 2.75) is 12.5 Å². The molecule has 9 heteroatoms. The van der Waals surface area contributed by atoms with Crippen molar-refractivity contribution >= 4 is 23.4 Å². The van der Waals surface area contributed by atoms with E-state index in [0.29, 0.717) is 31.1 Å². The monoisotopic (exact) mass is 401 g/mol. The number of amides is 2. The first kappa shape index (κ1) is 19.9. The topological polar surface area (TPSA) is 97.3 Å². The molecule has 1 fully saturated rings. The number of rotatable bonds is 4. The van der Waals surface area contributed by atoms with Gasteiger partial charge in [0.05, 0.1) is 24.5 Å². The lowest BCUT2D eigenvalue weighted by Crippen LogP contribution is -2.50. The fraction of sp³-hybridized carbons (Fsp3) is 0.316. The van der Waals surface area contributed by atoms with Gasteiger partial charge in [-0.2, -0.15) is 0 Å². The number of hydrogen-bond acceptors (Lipinski definition) is 6. The summed E-state index contributed by atoms with van der Waals surface area (Å²) in [7, 11) is 1.53. The zero-order valence-corrected chi connectivity index (χ0v) is 16.4. The van der Waals surface area contributed by atoms with Crippen LogP contribution in [0.15, 0.2) is 37.2 Å². The van der Waals surface area contributed by atoms with Crippen molar-refractivity contribution in [1.29, 1.82) is 0 Å². The summed E-state index contributed by atoms with van der Waals surface area (Å²) in [5.74, 6) is -0.479. The van der Waals surface area contributed by atoms with Crippen molar-refractivity contribution in [3.8, 4) is 11.4 Å². The van der Waals surface area contributed by atoms with Crippen LogP contribution in [0.25, 0.3) is 11.4 Å². The molecule has 3 heterocycles. The molecule has 0 spiro atoms. The van der Waals surface area contributed by atoms with Crippen LogP contribution in [-0.4, -0.2) is 58.4 Å². The predicted molar refractivity (Wildman–Crippen MR) is 104 cm³/mol. The van der Waals surface area contributed by atoms with E-state index in [2.05, 4.69) is 26.8 Å². The Balaban J connectivity index is 1.99. The summed E-state index contributed by atoms with van der Waals surface area (Å²) in [5.41, 5.74) is 1.14. The highest BCUT2D eigenvalue weighted by Crippen LogP contribution is 2.33. The molecule has 1 aliphatic rings. The second-order valence-electron chi connectivity index (χ2n) is 6.47. The normalized spacial score (nSPS) is 19.2. The number of nitrogens with one attached hydrogen (secondary N) is 1. The summed E-state index contributed by atoms with van der Waals surface area (Å²) in [6.07, 6.45) is 2.59. The summed E-state index contributed by atoms with van der Waals surface area (Å²) in [5, 5.41) is 2.77. The molecule has 1 aliphatic heterocycles. The third-order valence-electron chi connectivity index (χ3n) is 4.55. The highest BCUT2D eigenvalue weighted by Gasteiger charge is 2.36. The Hall–Kier alpha value is -2.84. The summed E-state index contributed by atoms with van der Waals surface area (Å²) in [6, 6.07) is 5.04. The van der Waals surface area contributed by atoms with Gasteiger partial charge in [-0.1, -0.05) is 18.2 Å². The summed E-state index contributed by atoms with van der Waals surface area (Å²) in [6.45, 7) is 6.67. The molecule has 0 aliphatic carbocycles. The van der Waals surface area contributed by atoms with Gasteiger partial charge in [-0.3, -0.25) is 9.59 Å². The Morgan fingerprint density at radius 1 is 1.32 bits per heavy atom. The summed E-state index contributed by atoms with van der Waals surface area (Å²) in [4.78, 5) is 38.0. The Labute approximate surface area is 167 Å². The summed E-state index contributed by atoms with van der Waals surface area (Å²) < 4.78 is 5.99. The Morgan fingerprint density at radius 2 is 2.11 bits per heavy atom. The van der Waals surface area contributed by atoms with Gasteiger partial charge in [0.1, 0.15) is 22.8 Å². The first-order chi connectivity index (χ1) is 13.4. The van der Waals surface area contributed by atoms with Gasteiger partial charge in [0.2, 0.25) is 5.91 Å². The number of halogens is 1. The first-order valence-electron chi connectivity index (χ1n) is 8.64. The molecule has 8 nitrogen and oxygen atoms in total. The van der Waals surface area contributed by atoms with E-state index >= 15 is 0 Å². The standard InChI is InChI=1S/C19H20ClN5O3/c1-4-17(26)25-5-6-28-19(2,10-25)12-7-14(24-16(20)8-12)13-9-15(18(27)21-3)23-11-22-13/h4,7-9,11H,1,5-6,10H2,2-3H3,(H,21,27)/t19-/m1/s1. The van der Waals surface area contributed by atoms with Crippen LogP contribution in [0.2, 0.25) is 5.15 Å². The van der Waals surface area contributed by atoms with Gasteiger partial charge in [0, 0.05) is 13.6 Å². The van der Waals surface area contributed by atoms with Gasteiger partial charge in [-0.05, 0) is 36.8 Å². The SMILES string of the molecule is C=CC(=O)N1CCO[C@@](C)(c2cc(Cl)nc(-c3cc(C(=O)NC)ncn3)c2)C1. The molecule has 0 unspecified atom stereocenters. The average Bonchev–Trinajstić information content (AvgIpc) is 2.72. The van der Waals surface area contributed by atoms with Crippen LogP contribution in [0.4, 0.5) is 0 Å². The van der Waals surface area contributed by atoms with Crippen molar-refractivity contribution in [2.75, 3.05) is 26.7 Å². The van der Waals surface area contributed by atoms with Crippen molar-refractivity contribution in [3.05, 3.63) is 53.6 Å². The molecule has 0 aromatic carbocycles. The second kappa shape index (κ2) is 8.04. The van der Waals surface area contributed by atoms with Crippen molar-refractivity contribution in [2.24, 2.45) is 0 Å². The number of hydrogen-bond donors (Lipinski definition) is 1. The maximum atomic E-state index is 12.0. The predicted octanol–water partition coefficient (Wildman–Crippen LogP) is 1.81. The van der Waals surface area contributed by atoms with Crippen molar-refractivity contribution in [3.63, 3.8) is 0 Å². The quantitative estimate of drug-likeness (QED) is 0.620. The van der Waals surface area contributed by atoms with Crippen LogP contribution < -0.4 is 5.32 Å². The van der Waals surface area contributed by atoms with Gasteiger partial charge in [-0.15, -0.1) is 0 Å². The van der Waals surface area contributed by atoms with Gasteiger partial charge >= 0.3 is 0 Å². The molecule has 1 saturated heterocycles. The summed E-state index contributed by atoms with van der Waals surface area (Å²) >= 11 is 6.25. The van der Waals surface area contributed by atoms with Gasteiger partial charge < -0.3 is 15.0 Å². The lowest BCUT2D eigenvalue weighted by Gasteiger charge is -2.40. The number of nitrogens with zero attached hydrogens (tertiary/aromatic N) is 4. The molecule has 2 aromatic rings. The third kappa shape index (κ3) is 4.02. The van der Waals surface area contributed by atoms with Gasteiger partial charge in [0.25, 0.3) is 5.91 Å². The lowest BCUT2D eigenvalue weighted by molar-refractivity contribution is -0.144. The van der Waals surface area contributed by atoms with E-state index in [-0.39, 0.29) is 22.7 Å². The molecule has 1 N–H and O–H groups in total. The number of ether oxygens (including phenoxy) is 1. The molecule has 0 bridgehead atoms. The number of morpholine rings is 1. The molecule has 146 valence electrons. The van der Waals surface area contributed by atoms with Crippen LogP contribution in [0.3, 0.4) is 0 Å². The lowest BCUT2D eigenvalue weighted by atomic mass is 9.93. The van der Waals surface area contributed by atoms with E-state index in [0.717, 1.165) is 5.56 Å². The minimum atomic E-state index is -0.769. The second-order valence-corrected chi connectivity index (χ2v) is 6.86. The van der Waals surface area contributed by atoms with E-state index in [1.165, 1.54) is 19.5 Å². The molecule has 0 radical (unpaired) electrons. The fourth-order valence-corrected chi connectivity index (χ4v) is 3.25. The van der Waals surface area contributed by atoms with Crippen molar-refractivity contribution in [1.82, 2.24) is 25.2 Å². The van der Waals surface area contributed by atoms with E-state index in [4.69, 9.17) is 16.3 Å². The Bertz CT molecular complexity index is 936. The third-order valence-corrected chi connectivity index (χ3v) is 4.75. The highest BCUT2D eigenvalue weighted by atomic mass is 35.5. The largest absolute Gasteiger partial charge is 0.367 e. The molecule has 28 heavy (non-hydrogen) atoms. The average molecular weight is 402 g/mol. The van der Waals surface area contributed by atoms with Crippen LogP contribution >= 0.6 is 11.6 Å². The van der Waals surface area contributed by atoms with Crippen molar-refractivity contribution < 1.29 is 14.3 Å². The number of pyridine rings is 1. The maximum Gasteiger partial charge on any atom is 0.269 e. The molecule has 2 aromatic heterocycles. The molecular formula is C19H20ClN5O3. The molecule has 0 saturated carbocycles. The molecule has 3 rings (SSSR count). The van der Waals surface area contributed by atoms with E-state index in [1.807, 2.05) is 6.92 Å². The Morgan fingerprint density at radius 3 is 2.82 bits per heavy atom. The molecular weight excluding hydrogens is 382 g/mol. The molecule has 2 amide bonds. The van der Waals surface area contributed by atoms with E-state index < -0.39 is 5.60 Å². The smallest absolute Gasteiger partial charge is 0.269 e. The minimum Gasteiger partial charge on any atom is -0.367 e. The maximum absolute atomic E-state index is 12.0. The zero-order chi connectivity index (χ0) is 20.3. The van der Waals surface area contributed by atoms with Gasteiger partial charge in [-0.25, -0.2) is 15.0 Å². The van der Waals surface area contributed by atoms with E-state index in [1.54, 1.807) is 23.1 Å².